The van der Waals surface area contributed by atoms with Gasteiger partial charge >= 0.3 is 5.97 Å². The fraction of sp³-hybridized carbons (Fsp3) is 0.238. The Morgan fingerprint density at radius 2 is 2.03 bits per heavy atom. The Morgan fingerprint density at radius 3 is 2.67 bits per heavy atom. The predicted octanol–water partition coefficient (Wildman–Crippen LogP) is 2.85. The van der Waals surface area contributed by atoms with Crippen LogP contribution in [-0.2, 0) is 0 Å². The van der Waals surface area contributed by atoms with Crippen molar-refractivity contribution in [3.63, 3.8) is 0 Å². The van der Waals surface area contributed by atoms with Crippen molar-refractivity contribution in [2.45, 2.75) is 6.42 Å². The van der Waals surface area contributed by atoms with E-state index in [4.69, 9.17) is 11.6 Å². The number of hydrogen-bond donors (Lipinski definition) is 4. The van der Waals surface area contributed by atoms with Gasteiger partial charge in [0, 0.05) is 13.1 Å². The highest BCUT2D eigenvalue weighted by Crippen LogP contribution is 2.41. The number of halogens is 3. The molecule has 0 bridgehead atoms. The zero-order chi connectivity index (χ0) is 23.6. The number of rotatable bonds is 4. The Labute approximate surface area is 187 Å². The number of anilines is 2. The molecule has 6 N–H and O–H groups in total. The van der Waals surface area contributed by atoms with E-state index >= 15 is 8.78 Å². The largest absolute Gasteiger partial charge is 0.477 e. The molecule has 5 rings (SSSR count). The molecule has 3 heterocycles. The number of nitrogen functional groups attached to an aromatic ring is 1. The number of carboxylic acid groups (broad SMARTS) is 1. The zero-order valence-corrected chi connectivity index (χ0v) is 17.8. The van der Waals surface area contributed by atoms with Crippen LogP contribution in [0.2, 0.25) is 0 Å². The normalized spacial score (nSPS) is 16.4. The van der Waals surface area contributed by atoms with Gasteiger partial charge in [-0.25, -0.2) is 18.0 Å². The average Bonchev–Trinajstić information content (AvgIpc) is 3.38. The Kier molecular flexibility index (Phi) is 4.96. The van der Waals surface area contributed by atoms with Gasteiger partial charge in [0.2, 0.25) is 5.43 Å². The van der Waals surface area contributed by atoms with Crippen LogP contribution in [0, 0.1) is 23.4 Å². The third kappa shape index (κ3) is 2.98. The standard InChI is InChI=1S/C21H18F3N5O3S/c22-9-1-2-10-11(5-9)33-20-13(21(31)32)19(30)12-16(27-26)14(23)18(15(24)17(12)29(10)20)28-4-3-8(6-25)7-28/h1-2,5,8,27H,3-4,6-7,25-26H2,(H,31,32). The number of fused-ring (bicyclic) bond motifs is 5. The van der Waals surface area contributed by atoms with Crippen molar-refractivity contribution in [1.29, 1.82) is 0 Å². The molecule has 1 unspecified atom stereocenters. The van der Waals surface area contributed by atoms with Crippen LogP contribution in [0.3, 0.4) is 0 Å². The lowest BCUT2D eigenvalue weighted by atomic mass is 10.1. The van der Waals surface area contributed by atoms with Crippen molar-refractivity contribution in [1.82, 2.24) is 4.40 Å². The summed E-state index contributed by atoms with van der Waals surface area (Å²) in [6.07, 6.45) is 0.632. The van der Waals surface area contributed by atoms with E-state index in [0.29, 0.717) is 30.8 Å². The van der Waals surface area contributed by atoms with Crippen molar-refractivity contribution in [3.05, 3.63) is 51.4 Å². The Morgan fingerprint density at radius 1 is 1.27 bits per heavy atom. The third-order valence-corrected chi connectivity index (χ3v) is 7.21. The maximum atomic E-state index is 16.1. The maximum absolute atomic E-state index is 16.1. The van der Waals surface area contributed by atoms with Gasteiger partial charge < -0.3 is 21.2 Å². The van der Waals surface area contributed by atoms with Crippen LogP contribution in [0.4, 0.5) is 24.5 Å². The van der Waals surface area contributed by atoms with Gasteiger partial charge in [-0.05, 0) is 37.1 Å². The van der Waals surface area contributed by atoms with Gasteiger partial charge in [-0.2, -0.15) is 0 Å². The van der Waals surface area contributed by atoms with Crippen molar-refractivity contribution in [3.8, 4) is 0 Å². The quantitative estimate of drug-likeness (QED) is 0.263. The first-order valence-electron chi connectivity index (χ1n) is 10.0. The minimum Gasteiger partial charge on any atom is -0.477 e. The number of nitrogens with zero attached hydrogens (tertiary/aromatic N) is 2. The van der Waals surface area contributed by atoms with Crippen LogP contribution in [0.25, 0.3) is 25.9 Å². The van der Waals surface area contributed by atoms with Gasteiger partial charge in [0.15, 0.2) is 11.6 Å². The molecule has 1 aliphatic rings. The minimum atomic E-state index is -1.58. The number of aromatic nitrogens is 1. The Hall–Kier alpha value is -3.35. The molecule has 33 heavy (non-hydrogen) atoms. The summed E-state index contributed by atoms with van der Waals surface area (Å²) < 4.78 is 47.0. The molecule has 12 heteroatoms. The van der Waals surface area contributed by atoms with E-state index in [0.717, 1.165) is 23.5 Å². The fourth-order valence-electron chi connectivity index (χ4n) is 4.55. The summed E-state index contributed by atoms with van der Waals surface area (Å²) in [6.45, 7) is 0.995. The molecule has 0 aliphatic carbocycles. The van der Waals surface area contributed by atoms with E-state index in [2.05, 4.69) is 5.43 Å². The van der Waals surface area contributed by atoms with Crippen molar-refractivity contribution in [2.24, 2.45) is 17.5 Å². The molecule has 0 amide bonds. The van der Waals surface area contributed by atoms with Crippen LogP contribution < -0.4 is 27.3 Å². The number of aromatic carboxylic acids is 1. The predicted molar refractivity (Wildman–Crippen MR) is 121 cm³/mol. The van der Waals surface area contributed by atoms with E-state index in [-0.39, 0.29) is 27.5 Å². The molecule has 0 spiro atoms. The molecule has 0 radical (unpaired) electrons. The van der Waals surface area contributed by atoms with Crippen LogP contribution >= 0.6 is 11.3 Å². The molecule has 1 saturated heterocycles. The van der Waals surface area contributed by atoms with Gasteiger partial charge in [-0.15, -0.1) is 11.3 Å². The second kappa shape index (κ2) is 7.61. The molecule has 2 aromatic carbocycles. The number of benzene rings is 2. The fourth-order valence-corrected chi connectivity index (χ4v) is 5.75. The SMILES string of the molecule is NCC1CCN(c2c(F)c(NN)c3c(=O)c(C(=O)O)c4sc5cc(F)ccc5n4c3c2F)C1. The molecule has 2 aromatic heterocycles. The third-order valence-electron chi connectivity index (χ3n) is 6.09. The van der Waals surface area contributed by atoms with Crippen LogP contribution in [0.15, 0.2) is 23.0 Å². The highest BCUT2D eigenvalue weighted by molar-refractivity contribution is 7.24. The lowest BCUT2D eigenvalue weighted by molar-refractivity contribution is 0.0697. The summed E-state index contributed by atoms with van der Waals surface area (Å²) in [7, 11) is 0. The number of carboxylic acids is 1. The van der Waals surface area contributed by atoms with Gasteiger partial charge in [-0.3, -0.25) is 15.0 Å². The van der Waals surface area contributed by atoms with Crippen molar-refractivity contribution >= 4 is 54.6 Å². The highest BCUT2D eigenvalue weighted by Gasteiger charge is 2.33. The first kappa shape index (κ1) is 21.5. The van der Waals surface area contributed by atoms with Gasteiger partial charge in [0.05, 0.1) is 21.1 Å². The van der Waals surface area contributed by atoms with E-state index < -0.39 is 45.5 Å². The summed E-state index contributed by atoms with van der Waals surface area (Å²) in [6, 6.07) is 3.64. The van der Waals surface area contributed by atoms with E-state index in [1.54, 1.807) is 0 Å². The molecular formula is C21H18F3N5O3S. The maximum Gasteiger partial charge on any atom is 0.342 e. The molecule has 1 atom stereocenters. The van der Waals surface area contributed by atoms with E-state index in [1.807, 2.05) is 0 Å². The number of thiazole rings is 1. The molecular weight excluding hydrogens is 459 g/mol. The number of nitrogens with one attached hydrogen (secondary N) is 1. The smallest absolute Gasteiger partial charge is 0.342 e. The zero-order valence-electron chi connectivity index (χ0n) is 17.0. The Balaban J connectivity index is 2.02. The summed E-state index contributed by atoms with van der Waals surface area (Å²) in [5, 5.41) is 9.21. The number of carbonyl (C=O) groups is 1. The number of hydrogen-bond acceptors (Lipinski definition) is 7. The summed E-state index contributed by atoms with van der Waals surface area (Å²) in [5.41, 5.74) is 5.10. The molecule has 4 aromatic rings. The van der Waals surface area contributed by atoms with E-state index in [1.165, 1.54) is 15.4 Å². The topological polar surface area (TPSA) is 126 Å². The first-order valence-corrected chi connectivity index (χ1v) is 10.9. The molecule has 8 nitrogen and oxygen atoms in total. The van der Waals surface area contributed by atoms with Gasteiger partial charge in [0.1, 0.15) is 27.6 Å². The summed E-state index contributed by atoms with van der Waals surface area (Å²) in [4.78, 5) is 26.6. The number of nitrogens with two attached hydrogens (primary N) is 2. The number of pyridine rings is 1. The van der Waals surface area contributed by atoms with Crippen LogP contribution in [0.1, 0.15) is 16.8 Å². The van der Waals surface area contributed by atoms with Gasteiger partial charge in [0.25, 0.3) is 0 Å². The van der Waals surface area contributed by atoms with Crippen LogP contribution in [0.5, 0.6) is 0 Å². The van der Waals surface area contributed by atoms with Crippen LogP contribution in [-0.4, -0.2) is 35.1 Å². The van der Waals surface area contributed by atoms with Gasteiger partial charge in [-0.1, -0.05) is 0 Å². The Bertz CT molecular complexity index is 1530. The summed E-state index contributed by atoms with van der Waals surface area (Å²) >= 11 is 0.828. The second-order valence-corrected chi connectivity index (χ2v) is 8.95. The van der Waals surface area contributed by atoms with Crippen molar-refractivity contribution in [2.75, 3.05) is 30.0 Å². The van der Waals surface area contributed by atoms with E-state index in [9.17, 15) is 19.1 Å². The average molecular weight is 477 g/mol. The lowest BCUT2D eigenvalue weighted by Crippen LogP contribution is -2.27. The first-order chi connectivity index (χ1) is 15.8. The highest BCUT2D eigenvalue weighted by atomic mass is 32.1. The molecule has 1 fully saturated rings. The monoisotopic (exact) mass is 477 g/mol. The summed E-state index contributed by atoms with van der Waals surface area (Å²) in [5.74, 6) is 1.28. The molecule has 0 saturated carbocycles. The van der Waals surface area contributed by atoms with Crippen molar-refractivity contribution < 1.29 is 23.1 Å². The second-order valence-electron chi connectivity index (χ2n) is 7.92. The minimum absolute atomic E-state index is 0.0378. The lowest BCUT2D eigenvalue weighted by Gasteiger charge is -2.23. The molecule has 1 aliphatic heterocycles. The molecule has 172 valence electrons. The number of hydrazine groups is 1.